The van der Waals surface area contributed by atoms with Gasteiger partial charge in [-0.2, -0.15) is 0 Å². The second-order valence-electron chi connectivity index (χ2n) is 6.75. The molecule has 1 saturated heterocycles. The molecule has 1 aliphatic heterocycles. The summed E-state index contributed by atoms with van der Waals surface area (Å²) in [5.74, 6) is 2.84. The highest BCUT2D eigenvalue weighted by Gasteiger charge is 2.25. The molecule has 2 heteroatoms. The predicted molar refractivity (Wildman–Crippen MR) is 78.8 cm³/mol. The average Bonchev–Trinajstić information content (AvgIpc) is 2.82. The summed E-state index contributed by atoms with van der Waals surface area (Å²) in [4.78, 5) is 2.59. The summed E-state index contributed by atoms with van der Waals surface area (Å²) in [5, 5.41) is 3.83. The van der Waals surface area contributed by atoms with Crippen LogP contribution < -0.4 is 5.32 Å². The summed E-state index contributed by atoms with van der Waals surface area (Å²) in [6, 6.07) is 0.722. The van der Waals surface area contributed by atoms with Gasteiger partial charge in [-0.3, -0.25) is 0 Å². The van der Waals surface area contributed by atoms with Crippen LogP contribution in [0, 0.1) is 17.8 Å². The van der Waals surface area contributed by atoms with Gasteiger partial charge in [0.05, 0.1) is 0 Å². The van der Waals surface area contributed by atoms with Crippen LogP contribution in [0.3, 0.4) is 0 Å². The number of rotatable bonds is 5. The molecule has 0 aromatic carbocycles. The molecule has 2 fully saturated rings. The smallest absolute Gasteiger partial charge is 0.00680 e. The Kier molecular flexibility index (Phi) is 5.50. The van der Waals surface area contributed by atoms with Gasteiger partial charge in [0.25, 0.3) is 0 Å². The van der Waals surface area contributed by atoms with E-state index < -0.39 is 0 Å². The van der Waals surface area contributed by atoms with Crippen LogP contribution in [0.1, 0.15) is 52.9 Å². The Balaban J connectivity index is 1.64. The Labute approximate surface area is 114 Å². The van der Waals surface area contributed by atoms with Crippen molar-refractivity contribution in [1.29, 1.82) is 0 Å². The third kappa shape index (κ3) is 3.96. The lowest BCUT2D eigenvalue weighted by atomic mass is 9.90. The SMILES string of the molecule is CCN1CCC(C(C)NCC2CCC(C)C2)CC1. The number of likely N-dealkylation sites (tertiary alicyclic amines) is 1. The van der Waals surface area contributed by atoms with Crippen molar-refractivity contribution in [2.45, 2.75) is 58.9 Å². The molecular formula is C16H32N2. The Bertz CT molecular complexity index is 233. The minimum atomic E-state index is 0.722. The van der Waals surface area contributed by atoms with Gasteiger partial charge in [0, 0.05) is 6.04 Å². The summed E-state index contributed by atoms with van der Waals surface area (Å²) in [6.07, 6.45) is 7.14. The van der Waals surface area contributed by atoms with Gasteiger partial charge in [-0.15, -0.1) is 0 Å². The lowest BCUT2D eigenvalue weighted by molar-refractivity contribution is 0.167. The van der Waals surface area contributed by atoms with Crippen molar-refractivity contribution in [2.24, 2.45) is 17.8 Å². The van der Waals surface area contributed by atoms with Crippen molar-refractivity contribution in [3.8, 4) is 0 Å². The van der Waals surface area contributed by atoms with Gasteiger partial charge in [-0.1, -0.05) is 20.3 Å². The summed E-state index contributed by atoms with van der Waals surface area (Å²) in [7, 11) is 0. The zero-order valence-corrected chi connectivity index (χ0v) is 12.6. The van der Waals surface area contributed by atoms with E-state index in [1.165, 1.54) is 58.3 Å². The van der Waals surface area contributed by atoms with Crippen LogP contribution in [0.15, 0.2) is 0 Å². The standard InChI is InChI=1S/C16H32N2/c1-4-18-9-7-16(8-10-18)14(3)17-12-15-6-5-13(2)11-15/h13-17H,4-12H2,1-3H3. The summed E-state index contributed by atoms with van der Waals surface area (Å²) in [6.45, 7) is 12.2. The van der Waals surface area contributed by atoms with E-state index in [0.29, 0.717) is 0 Å². The van der Waals surface area contributed by atoms with Crippen molar-refractivity contribution in [2.75, 3.05) is 26.2 Å². The molecule has 1 N–H and O–H groups in total. The quantitative estimate of drug-likeness (QED) is 0.809. The van der Waals surface area contributed by atoms with Crippen molar-refractivity contribution >= 4 is 0 Å². The molecule has 18 heavy (non-hydrogen) atoms. The topological polar surface area (TPSA) is 15.3 Å². The molecule has 0 amide bonds. The first-order valence-electron chi connectivity index (χ1n) is 8.14. The third-order valence-electron chi connectivity index (χ3n) is 5.32. The zero-order valence-electron chi connectivity index (χ0n) is 12.6. The van der Waals surface area contributed by atoms with Gasteiger partial charge in [0.2, 0.25) is 0 Å². The minimum Gasteiger partial charge on any atom is -0.314 e. The molecule has 2 aliphatic rings. The molecule has 3 unspecified atom stereocenters. The number of hydrogen-bond donors (Lipinski definition) is 1. The molecule has 0 radical (unpaired) electrons. The van der Waals surface area contributed by atoms with Gasteiger partial charge in [0.1, 0.15) is 0 Å². The van der Waals surface area contributed by atoms with E-state index in [9.17, 15) is 0 Å². The molecule has 1 aliphatic carbocycles. The van der Waals surface area contributed by atoms with E-state index in [0.717, 1.165) is 23.8 Å². The molecule has 0 bridgehead atoms. The maximum Gasteiger partial charge on any atom is 0.00680 e. The van der Waals surface area contributed by atoms with Gasteiger partial charge < -0.3 is 10.2 Å². The summed E-state index contributed by atoms with van der Waals surface area (Å²) >= 11 is 0. The van der Waals surface area contributed by atoms with E-state index in [4.69, 9.17) is 0 Å². The normalized spacial score (nSPS) is 32.8. The largest absolute Gasteiger partial charge is 0.314 e. The van der Waals surface area contributed by atoms with Crippen LogP contribution in [-0.2, 0) is 0 Å². The van der Waals surface area contributed by atoms with Gasteiger partial charge >= 0.3 is 0 Å². The maximum atomic E-state index is 3.83. The van der Waals surface area contributed by atoms with Crippen molar-refractivity contribution in [3.63, 3.8) is 0 Å². The lowest BCUT2D eigenvalue weighted by Gasteiger charge is -2.35. The highest BCUT2D eigenvalue weighted by Crippen LogP contribution is 2.30. The average molecular weight is 252 g/mol. The van der Waals surface area contributed by atoms with Crippen LogP contribution in [0.5, 0.6) is 0 Å². The molecule has 3 atom stereocenters. The fourth-order valence-corrected chi connectivity index (χ4v) is 3.80. The minimum absolute atomic E-state index is 0.722. The molecule has 1 saturated carbocycles. The van der Waals surface area contributed by atoms with Gasteiger partial charge in [-0.25, -0.2) is 0 Å². The lowest BCUT2D eigenvalue weighted by Crippen LogP contribution is -2.43. The number of piperidine rings is 1. The predicted octanol–water partition coefficient (Wildman–Crippen LogP) is 3.13. The highest BCUT2D eigenvalue weighted by atomic mass is 15.1. The third-order valence-corrected chi connectivity index (χ3v) is 5.32. The zero-order chi connectivity index (χ0) is 13.0. The van der Waals surface area contributed by atoms with E-state index in [1.807, 2.05) is 0 Å². The molecule has 2 rings (SSSR count). The van der Waals surface area contributed by atoms with Crippen LogP contribution >= 0.6 is 0 Å². The van der Waals surface area contributed by atoms with Crippen molar-refractivity contribution < 1.29 is 0 Å². The van der Waals surface area contributed by atoms with Crippen LogP contribution in [-0.4, -0.2) is 37.1 Å². The monoisotopic (exact) mass is 252 g/mol. The van der Waals surface area contributed by atoms with E-state index in [-0.39, 0.29) is 0 Å². The van der Waals surface area contributed by atoms with Crippen molar-refractivity contribution in [1.82, 2.24) is 10.2 Å². The Morgan fingerprint density at radius 2 is 1.89 bits per heavy atom. The number of nitrogens with one attached hydrogen (secondary N) is 1. The summed E-state index contributed by atoms with van der Waals surface area (Å²) in [5.41, 5.74) is 0. The maximum absolute atomic E-state index is 3.83. The fourth-order valence-electron chi connectivity index (χ4n) is 3.80. The Hall–Kier alpha value is -0.0800. The molecule has 106 valence electrons. The second-order valence-corrected chi connectivity index (χ2v) is 6.75. The molecule has 0 aromatic heterocycles. The Morgan fingerprint density at radius 3 is 2.44 bits per heavy atom. The van der Waals surface area contributed by atoms with Crippen molar-refractivity contribution in [3.05, 3.63) is 0 Å². The Morgan fingerprint density at radius 1 is 1.17 bits per heavy atom. The number of hydrogen-bond acceptors (Lipinski definition) is 2. The van der Waals surface area contributed by atoms with Gasteiger partial charge in [-0.05, 0) is 76.5 Å². The van der Waals surface area contributed by atoms with Crippen LogP contribution in [0.4, 0.5) is 0 Å². The number of nitrogens with zero attached hydrogens (tertiary/aromatic N) is 1. The molecule has 1 heterocycles. The summed E-state index contributed by atoms with van der Waals surface area (Å²) < 4.78 is 0. The molecular weight excluding hydrogens is 220 g/mol. The van der Waals surface area contributed by atoms with Gasteiger partial charge in [0.15, 0.2) is 0 Å². The first-order chi connectivity index (χ1) is 8.69. The first kappa shape index (κ1) is 14.3. The highest BCUT2D eigenvalue weighted by molar-refractivity contribution is 4.81. The molecule has 0 aromatic rings. The van der Waals surface area contributed by atoms with Crippen LogP contribution in [0.2, 0.25) is 0 Å². The second kappa shape index (κ2) is 6.91. The fraction of sp³-hybridized carbons (Fsp3) is 1.00. The van der Waals surface area contributed by atoms with E-state index in [1.54, 1.807) is 0 Å². The van der Waals surface area contributed by atoms with Crippen LogP contribution in [0.25, 0.3) is 0 Å². The molecule has 0 spiro atoms. The van der Waals surface area contributed by atoms with E-state index in [2.05, 4.69) is 31.0 Å². The first-order valence-corrected chi connectivity index (χ1v) is 8.14. The molecule has 2 nitrogen and oxygen atoms in total. The van der Waals surface area contributed by atoms with E-state index >= 15 is 0 Å².